The van der Waals surface area contributed by atoms with Gasteiger partial charge < -0.3 is 19.4 Å². The van der Waals surface area contributed by atoms with Gasteiger partial charge >= 0.3 is 0 Å². The van der Waals surface area contributed by atoms with Crippen molar-refractivity contribution < 1.29 is 14.3 Å². The summed E-state index contributed by atoms with van der Waals surface area (Å²) in [5.41, 5.74) is 1.68. The Morgan fingerprint density at radius 1 is 1.04 bits per heavy atom. The Morgan fingerprint density at radius 2 is 1.75 bits per heavy atom. The van der Waals surface area contributed by atoms with Gasteiger partial charge in [0.25, 0.3) is 5.91 Å². The first-order valence-corrected chi connectivity index (χ1v) is 7.76. The largest absolute Gasteiger partial charge is 0.497 e. The fourth-order valence-electron chi connectivity index (χ4n) is 2.67. The lowest BCUT2D eigenvalue weighted by atomic mass is 10.2. The van der Waals surface area contributed by atoms with Gasteiger partial charge in [0, 0.05) is 36.4 Å². The minimum Gasteiger partial charge on any atom is -0.497 e. The maximum Gasteiger partial charge on any atom is 0.251 e. The first-order chi connectivity index (χ1) is 11.7. The Bertz CT molecular complexity index is 832. The van der Waals surface area contributed by atoms with Crippen molar-refractivity contribution in [2.45, 2.75) is 6.54 Å². The van der Waals surface area contributed by atoms with E-state index in [4.69, 9.17) is 9.47 Å². The van der Waals surface area contributed by atoms with Gasteiger partial charge in [-0.25, -0.2) is 0 Å². The maximum atomic E-state index is 12.3. The molecule has 0 aliphatic carbocycles. The van der Waals surface area contributed by atoms with Crippen LogP contribution in [0.1, 0.15) is 10.4 Å². The fraction of sp³-hybridized carbons (Fsp3) is 0.211. The van der Waals surface area contributed by atoms with Crippen LogP contribution in [0.25, 0.3) is 10.9 Å². The summed E-state index contributed by atoms with van der Waals surface area (Å²) in [6.45, 7) is 1.25. The summed E-state index contributed by atoms with van der Waals surface area (Å²) in [6, 6.07) is 15.4. The molecule has 2 aromatic carbocycles. The molecule has 1 aromatic heterocycles. The molecular weight excluding hydrogens is 304 g/mol. The summed E-state index contributed by atoms with van der Waals surface area (Å²) in [4.78, 5) is 12.3. The van der Waals surface area contributed by atoms with E-state index in [1.807, 2.05) is 18.3 Å². The summed E-state index contributed by atoms with van der Waals surface area (Å²) in [5.74, 6) is 1.04. The van der Waals surface area contributed by atoms with Gasteiger partial charge in [-0.2, -0.15) is 0 Å². The monoisotopic (exact) mass is 324 g/mol. The van der Waals surface area contributed by atoms with Crippen LogP contribution < -0.4 is 14.8 Å². The number of para-hydroxylation sites is 1. The fourth-order valence-corrected chi connectivity index (χ4v) is 2.67. The molecule has 124 valence electrons. The van der Waals surface area contributed by atoms with E-state index in [2.05, 4.69) is 28.1 Å². The topological polar surface area (TPSA) is 52.5 Å². The van der Waals surface area contributed by atoms with E-state index in [9.17, 15) is 4.79 Å². The smallest absolute Gasteiger partial charge is 0.251 e. The first-order valence-electron chi connectivity index (χ1n) is 7.76. The van der Waals surface area contributed by atoms with Crippen LogP contribution in [-0.2, 0) is 6.54 Å². The lowest BCUT2D eigenvalue weighted by Gasteiger charge is -2.10. The van der Waals surface area contributed by atoms with Crippen LogP contribution >= 0.6 is 0 Å². The zero-order chi connectivity index (χ0) is 16.9. The van der Waals surface area contributed by atoms with Gasteiger partial charge in [0.15, 0.2) is 0 Å². The Hall–Kier alpha value is -2.95. The highest BCUT2D eigenvalue weighted by Crippen LogP contribution is 2.22. The van der Waals surface area contributed by atoms with Gasteiger partial charge in [0.1, 0.15) is 11.5 Å². The van der Waals surface area contributed by atoms with Crippen LogP contribution in [0.4, 0.5) is 0 Å². The van der Waals surface area contributed by atoms with Crippen LogP contribution in [0, 0.1) is 0 Å². The lowest BCUT2D eigenvalue weighted by molar-refractivity contribution is 0.0951. The van der Waals surface area contributed by atoms with Crippen LogP contribution in [0.3, 0.4) is 0 Å². The molecule has 1 amide bonds. The second-order valence-electron chi connectivity index (χ2n) is 5.43. The van der Waals surface area contributed by atoms with Crippen molar-refractivity contribution in [1.29, 1.82) is 0 Å². The zero-order valence-electron chi connectivity index (χ0n) is 13.8. The Labute approximate surface area is 140 Å². The molecule has 24 heavy (non-hydrogen) atoms. The van der Waals surface area contributed by atoms with Crippen molar-refractivity contribution in [3.63, 3.8) is 0 Å². The number of fused-ring (bicyclic) bond motifs is 1. The van der Waals surface area contributed by atoms with Crippen LogP contribution in [0.2, 0.25) is 0 Å². The van der Waals surface area contributed by atoms with Gasteiger partial charge in [-0.05, 0) is 29.7 Å². The Balaban J connectivity index is 1.65. The average molecular weight is 324 g/mol. The number of ether oxygens (including phenoxy) is 2. The molecule has 0 saturated heterocycles. The molecule has 0 bridgehead atoms. The van der Waals surface area contributed by atoms with Crippen molar-refractivity contribution in [3.8, 4) is 11.5 Å². The van der Waals surface area contributed by atoms with E-state index in [1.165, 1.54) is 5.39 Å². The van der Waals surface area contributed by atoms with E-state index < -0.39 is 0 Å². The minimum atomic E-state index is -0.149. The maximum absolute atomic E-state index is 12.3. The van der Waals surface area contributed by atoms with E-state index in [1.54, 1.807) is 32.4 Å². The molecular formula is C19H20N2O3. The SMILES string of the molecule is COc1cc(OC)cc(C(=O)NCCn2ccc3ccccc32)c1. The zero-order valence-corrected chi connectivity index (χ0v) is 13.8. The van der Waals surface area contributed by atoms with Crippen LogP contribution in [0.15, 0.2) is 54.7 Å². The number of benzene rings is 2. The number of nitrogens with one attached hydrogen (secondary N) is 1. The molecule has 0 saturated carbocycles. The highest BCUT2D eigenvalue weighted by molar-refractivity contribution is 5.95. The molecule has 3 rings (SSSR count). The summed E-state index contributed by atoms with van der Waals surface area (Å²) in [6.07, 6.45) is 2.03. The van der Waals surface area contributed by atoms with Crippen molar-refractivity contribution in [3.05, 3.63) is 60.3 Å². The summed E-state index contributed by atoms with van der Waals surface area (Å²) in [5, 5.41) is 4.13. The van der Waals surface area contributed by atoms with Crippen LogP contribution in [-0.4, -0.2) is 31.2 Å². The predicted octanol–water partition coefficient (Wildman–Crippen LogP) is 3.09. The van der Waals surface area contributed by atoms with E-state index in [-0.39, 0.29) is 5.91 Å². The number of carbonyl (C=O) groups excluding carboxylic acids is 1. The Kier molecular flexibility index (Phi) is 4.70. The third-order valence-corrected chi connectivity index (χ3v) is 3.93. The number of methoxy groups -OCH3 is 2. The van der Waals surface area contributed by atoms with E-state index >= 15 is 0 Å². The standard InChI is InChI=1S/C19H20N2O3/c1-23-16-11-15(12-17(13-16)24-2)19(22)20-8-10-21-9-7-14-5-3-4-6-18(14)21/h3-7,9,11-13H,8,10H2,1-2H3,(H,20,22). The van der Waals surface area contributed by atoms with Crippen molar-refractivity contribution in [1.82, 2.24) is 9.88 Å². The van der Waals surface area contributed by atoms with Gasteiger partial charge in [-0.3, -0.25) is 4.79 Å². The normalized spacial score (nSPS) is 10.6. The van der Waals surface area contributed by atoms with Crippen molar-refractivity contribution in [2.24, 2.45) is 0 Å². The third kappa shape index (κ3) is 3.35. The molecule has 3 aromatic rings. The van der Waals surface area contributed by atoms with Gasteiger partial charge in [0.2, 0.25) is 0 Å². The van der Waals surface area contributed by atoms with Gasteiger partial charge in [-0.1, -0.05) is 18.2 Å². The number of hydrogen-bond acceptors (Lipinski definition) is 3. The number of hydrogen-bond donors (Lipinski definition) is 1. The average Bonchev–Trinajstić information content (AvgIpc) is 3.04. The highest BCUT2D eigenvalue weighted by atomic mass is 16.5. The molecule has 0 spiro atoms. The van der Waals surface area contributed by atoms with Crippen molar-refractivity contribution >= 4 is 16.8 Å². The number of nitrogens with zero attached hydrogens (tertiary/aromatic N) is 1. The molecule has 0 radical (unpaired) electrons. The van der Waals surface area contributed by atoms with Crippen molar-refractivity contribution in [2.75, 3.05) is 20.8 Å². The summed E-state index contributed by atoms with van der Waals surface area (Å²) >= 11 is 0. The van der Waals surface area contributed by atoms with E-state index in [0.29, 0.717) is 30.2 Å². The van der Waals surface area contributed by atoms with Crippen LogP contribution in [0.5, 0.6) is 11.5 Å². The number of aromatic nitrogens is 1. The molecule has 0 unspecified atom stereocenters. The molecule has 1 heterocycles. The number of amides is 1. The number of carbonyl (C=O) groups is 1. The molecule has 1 N–H and O–H groups in total. The summed E-state index contributed by atoms with van der Waals surface area (Å²) < 4.78 is 12.5. The quantitative estimate of drug-likeness (QED) is 0.758. The van der Waals surface area contributed by atoms with E-state index in [0.717, 1.165) is 5.52 Å². The second-order valence-corrected chi connectivity index (χ2v) is 5.43. The lowest BCUT2D eigenvalue weighted by Crippen LogP contribution is -2.27. The second kappa shape index (κ2) is 7.08. The molecule has 0 aliphatic heterocycles. The molecule has 5 nitrogen and oxygen atoms in total. The summed E-state index contributed by atoms with van der Waals surface area (Å²) in [7, 11) is 3.13. The Morgan fingerprint density at radius 3 is 2.46 bits per heavy atom. The first kappa shape index (κ1) is 15.9. The predicted molar refractivity (Wildman–Crippen MR) is 93.8 cm³/mol. The molecule has 0 fully saturated rings. The van der Waals surface area contributed by atoms with Gasteiger partial charge in [0.05, 0.1) is 14.2 Å². The molecule has 0 aliphatic rings. The molecule has 5 heteroatoms. The minimum absolute atomic E-state index is 0.149. The van der Waals surface area contributed by atoms with Gasteiger partial charge in [-0.15, -0.1) is 0 Å². The number of rotatable bonds is 6. The highest BCUT2D eigenvalue weighted by Gasteiger charge is 2.09. The molecule has 0 atom stereocenters. The third-order valence-electron chi connectivity index (χ3n) is 3.93.